The maximum Gasteiger partial charge on any atom is 0.0414 e. The normalized spacial score (nSPS) is 17.2. The van der Waals surface area contributed by atoms with Crippen molar-refractivity contribution in [1.82, 2.24) is 0 Å². The van der Waals surface area contributed by atoms with E-state index in [4.69, 9.17) is 5.73 Å². The summed E-state index contributed by atoms with van der Waals surface area (Å²) in [4.78, 5) is 2.53. The predicted molar refractivity (Wildman–Crippen MR) is 88.2 cm³/mol. The molecule has 1 aromatic carbocycles. The van der Waals surface area contributed by atoms with E-state index in [2.05, 4.69) is 36.1 Å². The lowest BCUT2D eigenvalue weighted by molar-refractivity contribution is 0.553. The number of nitrogens with two attached hydrogens (primary N) is 1. The van der Waals surface area contributed by atoms with E-state index in [1.54, 1.807) is 0 Å². The highest BCUT2D eigenvalue weighted by Gasteiger charge is 2.17. The van der Waals surface area contributed by atoms with Crippen LogP contribution in [0.5, 0.6) is 0 Å². The van der Waals surface area contributed by atoms with Gasteiger partial charge in [-0.15, -0.1) is 0 Å². The molecule has 1 aliphatic heterocycles. The number of rotatable bonds is 7. The van der Waals surface area contributed by atoms with Crippen LogP contribution >= 0.6 is 0 Å². The van der Waals surface area contributed by atoms with E-state index in [0.717, 1.165) is 6.42 Å². The molecule has 2 rings (SSSR count). The minimum atomic E-state index is 0.199. The number of nitrogens with zero attached hydrogens (tertiary/aromatic N) is 1. The highest BCUT2D eigenvalue weighted by atomic mass is 15.1. The molecule has 0 spiro atoms. The molecule has 1 saturated heterocycles. The van der Waals surface area contributed by atoms with E-state index in [-0.39, 0.29) is 6.04 Å². The smallest absolute Gasteiger partial charge is 0.0414 e. The first-order valence-corrected chi connectivity index (χ1v) is 8.42. The van der Waals surface area contributed by atoms with E-state index in [0.29, 0.717) is 0 Å². The molecule has 0 aliphatic carbocycles. The molecule has 1 heterocycles. The molecular formula is C18H30N2. The van der Waals surface area contributed by atoms with Crippen LogP contribution in [-0.4, -0.2) is 13.1 Å². The van der Waals surface area contributed by atoms with Crippen molar-refractivity contribution in [1.29, 1.82) is 0 Å². The van der Waals surface area contributed by atoms with Crippen molar-refractivity contribution in [2.45, 2.75) is 64.3 Å². The lowest BCUT2D eigenvalue weighted by Crippen LogP contribution is -2.31. The molecule has 1 aromatic rings. The molecule has 1 fully saturated rings. The topological polar surface area (TPSA) is 29.3 Å². The van der Waals surface area contributed by atoms with Gasteiger partial charge in [0, 0.05) is 24.8 Å². The van der Waals surface area contributed by atoms with Crippen LogP contribution in [0.25, 0.3) is 0 Å². The first-order chi connectivity index (χ1) is 9.83. The molecule has 2 heteroatoms. The van der Waals surface area contributed by atoms with Crippen molar-refractivity contribution in [2.75, 3.05) is 18.0 Å². The molecule has 20 heavy (non-hydrogen) atoms. The van der Waals surface area contributed by atoms with Gasteiger partial charge in [-0.3, -0.25) is 0 Å². The molecule has 1 atom stereocenters. The third-order valence-electron chi connectivity index (χ3n) is 4.40. The van der Waals surface area contributed by atoms with Crippen LogP contribution < -0.4 is 10.6 Å². The van der Waals surface area contributed by atoms with Crippen molar-refractivity contribution >= 4 is 5.69 Å². The van der Waals surface area contributed by atoms with Gasteiger partial charge in [0.1, 0.15) is 0 Å². The Morgan fingerprint density at radius 1 is 1.05 bits per heavy atom. The van der Waals surface area contributed by atoms with E-state index in [1.807, 2.05) is 0 Å². The monoisotopic (exact) mass is 274 g/mol. The molecule has 0 saturated carbocycles. The Hall–Kier alpha value is -1.02. The zero-order valence-electron chi connectivity index (χ0n) is 13.0. The second-order valence-corrected chi connectivity index (χ2v) is 6.06. The van der Waals surface area contributed by atoms with Gasteiger partial charge in [0.2, 0.25) is 0 Å². The third-order valence-corrected chi connectivity index (χ3v) is 4.40. The lowest BCUT2D eigenvalue weighted by Gasteiger charge is -2.32. The Bertz CT molecular complexity index is 383. The summed E-state index contributed by atoms with van der Waals surface area (Å²) in [7, 11) is 0. The second kappa shape index (κ2) is 8.31. The molecule has 0 radical (unpaired) electrons. The fraction of sp³-hybridized carbons (Fsp3) is 0.667. The third kappa shape index (κ3) is 4.24. The number of benzene rings is 1. The minimum Gasteiger partial charge on any atom is -0.371 e. The van der Waals surface area contributed by atoms with E-state index < -0.39 is 0 Å². The van der Waals surface area contributed by atoms with Gasteiger partial charge in [0.25, 0.3) is 0 Å². The maximum absolute atomic E-state index is 6.46. The first kappa shape index (κ1) is 15.4. The molecule has 0 bridgehead atoms. The summed E-state index contributed by atoms with van der Waals surface area (Å²) < 4.78 is 0. The van der Waals surface area contributed by atoms with E-state index >= 15 is 0 Å². The fourth-order valence-corrected chi connectivity index (χ4v) is 3.17. The van der Waals surface area contributed by atoms with Gasteiger partial charge >= 0.3 is 0 Å². The van der Waals surface area contributed by atoms with Crippen molar-refractivity contribution in [2.24, 2.45) is 5.73 Å². The Kier molecular flexibility index (Phi) is 6.38. The van der Waals surface area contributed by atoms with Gasteiger partial charge in [0.15, 0.2) is 0 Å². The Balaban J connectivity index is 1.98. The van der Waals surface area contributed by atoms with Gasteiger partial charge in [-0.2, -0.15) is 0 Å². The molecule has 112 valence electrons. The Morgan fingerprint density at radius 2 is 1.80 bits per heavy atom. The molecule has 0 unspecified atom stereocenters. The van der Waals surface area contributed by atoms with Crippen LogP contribution in [-0.2, 0) is 0 Å². The van der Waals surface area contributed by atoms with Gasteiger partial charge in [0.05, 0.1) is 0 Å². The van der Waals surface area contributed by atoms with Crippen molar-refractivity contribution in [3.05, 3.63) is 29.8 Å². The first-order valence-electron chi connectivity index (χ1n) is 8.42. The average Bonchev–Trinajstić information content (AvgIpc) is 2.52. The standard InChI is InChI=1S/C18H30N2/c1-2-3-4-6-12-17(19)16-11-7-8-13-18(16)20-14-9-5-10-15-20/h7-8,11,13,17H,2-6,9-10,12,14-15,19H2,1H3/t17-/m0/s1. The summed E-state index contributed by atoms with van der Waals surface area (Å²) in [6.45, 7) is 4.64. The van der Waals surface area contributed by atoms with Crippen molar-refractivity contribution < 1.29 is 0 Å². The quantitative estimate of drug-likeness (QED) is 0.733. The number of para-hydroxylation sites is 1. The zero-order chi connectivity index (χ0) is 14.2. The minimum absolute atomic E-state index is 0.199. The van der Waals surface area contributed by atoms with Gasteiger partial charge in [-0.1, -0.05) is 50.8 Å². The van der Waals surface area contributed by atoms with Crippen LogP contribution in [0.3, 0.4) is 0 Å². The SMILES string of the molecule is CCCCCC[C@H](N)c1ccccc1N1CCCCC1. The maximum atomic E-state index is 6.46. The molecule has 2 nitrogen and oxygen atoms in total. The Labute approximate surface area is 124 Å². The van der Waals surface area contributed by atoms with E-state index in [1.165, 1.54) is 69.3 Å². The van der Waals surface area contributed by atoms with Crippen LogP contribution in [0.4, 0.5) is 5.69 Å². The summed E-state index contributed by atoms with van der Waals surface area (Å²) in [5.74, 6) is 0. The predicted octanol–water partition coefficient (Wildman–Crippen LogP) is 4.65. The number of piperidine rings is 1. The summed E-state index contributed by atoms with van der Waals surface area (Å²) >= 11 is 0. The summed E-state index contributed by atoms with van der Waals surface area (Å²) in [6, 6.07) is 8.97. The summed E-state index contributed by atoms with van der Waals surface area (Å²) in [5.41, 5.74) is 9.20. The number of hydrogen-bond donors (Lipinski definition) is 1. The van der Waals surface area contributed by atoms with Crippen molar-refractivity contribution in [3.63, 3.8) is 0 Å². The van der Waals surface area contributed by atoms with Crippen LogP contribution in [0.15, 0.2) is 24.3 Å². The molecule has 0 amide bonds. The van der Waals surface area contributed by atoms with Gasteiger partial charge in [-0.05, 0) is 37.3 Å². The fourth-order valence-electron chi connectivity index (χ4n) is 3.17. The number of anilines is 1. The summed E-state index contributed by atoms with van der Waals surface area (Å²) in [5, 5.41) is 0. The largest absolute Gasteiger partial charge is 0.371 e. The number of hydrogen-bond acceptors (Lipinski definition) is 2. The number of unbranched alkanes of at least 4 members (excludes halogenated alkanes) is 3. The van der Waals surface area contributed by atoms with Crippen molar-refractivity contribution in [3.8, 4) is 0 Å². The van der Waals surface area contributed by atoms with Gasteiger partial charge < -0.3 is 10.6 Å². The molecule has 2 N–H and O–H groups in total. The highest BCUT2D eigenvalue weighted by Crippen LogP contribution is 2.30. The highest BCUT2D eigenvalue weighted by molar-refractivity contribution is 5.55. The Morgan fingerprint density at radius 3 is 2.55 bits per heavy atom. The van der Waals surface area contributed by atoms with Crippen LogP contribution in [0.2, 0.25) is 0 Å². The second-order valence-electron chi connectivity index (χ2n) is 6.06. The molecular weight excluding hydrogens is 244 g/mol. The summed E-state index contributed by atoms with van der Waals surface area (Å²) in [6.07, 6.45) is 10.3. The van der Waals surface area contributed by atoms with E-state index in [9.17, 15) is 0 Å². The molecule has 0 aromatic heterocycles. The zero-order valence-corrected chi connectivity index (χ0v) is 13.0. The van der Waals surface area contributed by atoms with Gasteiger partial charge in [-0.25, -0.2) is 0 Å². The van der Waals surface area contributed by atoms with Crippen LogP contribution in [0.1, 0.15) is 69.9 Å². The molecule has 1 aliphatic rings. The van der Waals surface area contributed by atoms with Crippen LogP contribution in [0, 0.1) is 0 Å². The average molecular weight is 274 g/mol. The lowest BCUT2D eigenvalue weighted by atomic mass is 9.97.